The molecule has 25 heavy (non-hydrogen) atoms. The number of benzene rings is 2. The molecule has 1 heterocycles. The molecule has 2 aromatic carbocycles. The van der Waals surface area contributed by atoms with Crippen molar-refractivity contribution in [2.24, 2.45) is 0 Å². The van der Waals surface area contributed by atoms with E-state index in [9.17, 15) is 10.1 Å². The Hall–Kier alpha value is -2.60. The molecule has 0 bridgehead atoms. The van der Waals surface area contributed by atoms with Crippen molar-refractivity contribution in [1.82, 2.24) is 4.90 Å². The molecule has 0 unspecified atom stereocenters. The Balaban J connectivity index is 1.96. The van der Waals surface area contributed by atoms with Crippen molar-refractivity contribution in [2.75, 3.05) is 27.3 Å². The van der Waals surface area contributed by atoms with Crippen LogP contribution >= 0.6 is 0 Å². The third-order valence-corrected chi connectivity index (χ3v) is 4.66. The van der Waals surface area contributed by atoms with Crippen molar-refractivity contribution in [2.45, 2.75) is 19.0 Å². The maximum atomic E-state index is 11.3. The molecule has 2 aromatic rings. The summed E-state index contributed by atoms with van der Waals surface area (Å²) in [6.07, 6.45) is 0.830. The summed E-state index contributed by atoms with van der Waals surface area (Å²) in [7, 11) is 3.18. The molecule has 0 aromatic heterocycles. The zero-order valence-electron chi connectivity index (χ0n) is 14.5. The Bertz CT molecular complexity index is 749. The summed E-state index contributed by atoms with van der Waals surface area (Å²) in [4.78, 5) is 13.2. The lowest BCUT2D eigenvalue weighted by Crippen LogP contribution is -2.38. The quantitative estimate of drug-likeness (QED) is 0.596. The van der Waals surface area contributed by atoms with Crippen LogP contribution in [0.1, 0.15) is 22.7 Å². The Labute approximate surface area is 147 Å². The minimum atomic E-state index is -0.279. The molecule has 132 valence electrons. The first-order chi connectivity index (χ1) is 12.1. The van der Waals surface area contributed by atoms with Crippen LogP contribution < -0.4 is 9.47 Å². The van der Waals surface area contributed by atoms with Gasteiger partial charge in [0.25, 0.3) is 0 Å². The number of fused-ring (bicyclic) bond motifs is 1. The first-order valence-electron chi connectivity index (χ1n) is 8.27. The number of rotatable bonds is 6. The second kappa shape index (κ2) is 7.53. The van der Waals surface area contributed by atoms with Gasteiger partial charge in [-0.3, -0.25) is 15.0 Å². The Morgan fingerprint density at radius 1 is 1.16 bits per heavy atom. The zero-order chi connectivity index (χ0) is 17.8. The minimum Gasteiger partial charge on any atom is -0.493 e. The van der Waals surface area contributed by atoms with Crippen LogP contribution in [0.3, 0.4) is 0 Å². The average Bonchev–Trinajstić information content (AvgIpc) is 2.63. The monoisotopic (exact) mass is 342 g/mol. The summed E-state index contributed by atoms with van der Waals surface area (Å²) < 4.78 is 10.8. The fourth-order valence-corrected chi connectivity index (χ4v) is 3.44. The summed E-state index contributed by atoms with van der Waals surface area (Å²) in [5.41, 5.74) is 3.20. The molecule has 0 aliphatic carbocycles. The maximum Gasteiger partial charge on any atom is 0.223 e. The van der Waals surface area contributed by atoms with Crippen LogP contribution in [0, 0.1) is 10.1 Å². The first kappa shape index (κ1) is 17.2. The van der Waals surface area contributed by atoms with Gasteiger partial charge in [-0.1, -0.05) is 30.3 Å². The highest BCUT2D eigenvalue weighted by atomic mass is 16.6. The summed E-state index contributed by atoms with van der Waals surface area (Å²) in [5.74, 6) is 1.27. The van der Waals surface area contributed by atoms with E-state index in [1.807, 2.05) is 42.5 Å². The van der Waals surface area contributed by atoms with Gasteiger partial charge in [0.05, 0.1) is 14.2 Å². The van der Waals surface area contributed by atoms with E-state index in [0.29, 0.717) is 18.0 Å². The zero-order valence-corrected chi connectivity index (χ0v) is 14.5. The van der Waals surface area contributed by atoms with Gasteiger partial charge in [-0.25, -0.2) is 0 Å². The molecule has 0 spiro atoms. The third-order valence-electron chi connectivity index (χ3n) is 4.66. The van der Waals surface area contributed by atoms with Crippen LogP contribution in [-0.2, 0) is 13.0 Å². The molecule has 3 rings (SSSR count). The van der Waals surface area contributed by atoms with E-state index >= 15 is 0 Å². The number of nitro groups is 1. The Morgan fingerprint density at radius 2 is 1.84 bits per heavy atom. The summed E-state index contributed by atoms with van der Waals surface area (Å²) in [6, 6.07) is 13.6. The van der Waals surface area contributed by atoms with Crippen molar-refractivity contribution < 1.29 is 14.4 Å². The molecule has 1 aliphatic rings. The summed E-state index contributed by atoms with van der Waals surface area (Å²) in [5, 5.41) is 11.3. The van der Waals surface area contributed by atoms with Gasteiger partial charge in [0.1, 0.15) is 6.04 Å². The van der Waals surface area contributed by atoms with E-state index in [0.717, 1.165) is 29.7 Å². The van der Waals surface area contributed by atoms with E-state index in [-0.39, 0.29) is 17.5 Å². The second-order valence-electron chi connectivity index (χ2n) is 6.14. The van der Waals surface area contributed by atoms with Crippen LogP contribution in [0.25, 0.3) is 0 Å². The van der Waals surface area contributed by atoms with E-state index in [4.69, 9.17) is 9.47 Å². The predicted octanol–water partition coefficient (Wildman–Crippen LogP) is 3.08. The van der Waals surface area contributed by atoms with Gasteiger partial charge in [0.2, 0.25) is 6.54 Å². The Kier molecular flexibility index (Phi) is 5.19. The van der Waals surface area contributed by atoms with E-state index in [1.54, 1.807) is 14.2 Å². The third kappa shape index (κ3) is 3.74. The lowest BCUT2D eigenvalue weighted by molar-refractivity contribution is -0.488. The smallest absolute Gasteiger partial charge is 0.223 e. The first-order valence-corrected chi connectivity index (χ1v) is 8.27. The minimum absolute atomic E-state index is 0.130. The molecular weight excluding hydrogens is 320 g/mol. The molecular formula is C19H22N2O4. The van der Waals surface area contributed by atoms with Gasteiger partial charge in [-0.05, 0) is 35.2 Å². The molecule has 1 atom stereocenters. The number of hydrogen-bond acceptors (Lipinski definition) is 5. The average molecular weight is 342 g/mol. The molecule has 0 N–H and O–H groups in total. The molecule has 6 heteroatoms. The van der Waals surface area contributed by atoms with Gasteiger partial charge >= 0.3 is 0 Å². The van der Waals surface area contributed by atoms with E-state index in [1.165, 1.54) is 0 Å². The fourth-order valence-electron chi connectivity index (χ4n) is 3.44. The molecule has 0 amide bonds. The fraction of sp³-hybridized carbons (Fsp3) is 0.368. The highest BCUT2D eigenvalue weighted by Gasteiger charge is 2.32. The number of hydrogen-bond donors (Lipinski definition) is 0. The van der Waals surface area contributed by atoms with Gasteiger partial charge in [0.15, 0.2) is 11.5 Å². The summed E-state index contributed by atoms with van der Waals surface area (Å²) in [6.45, 7) is 1.33. The van der Waals surface area contributed by atoms with Gasteiger partial charge in [-0.15, -0.1) is 0 Å². The topological polar surface area (TPSA) is 64.8 Å². The van der Waals surface area contributed by atoms with Crippen LogP contribution in [0.5, 0.6) is 11.5 Å². The van der Waals surface area contributed by atoms with Crippen LogP contribution in [0.15, 0.2) is 42.5 Å². The van der Waals surface area contributed by atoms with Crippen molar-refractivity contribution >= 4 is 0 Å². The van der Waals surface area contributed by atoms with Gasteiger partial charge < -0.3 is 9.47 Å². The highest BCUT2D eigenvalue weighted by molar-refractivity contribution is 5.49. The van der Waals surface area contributed by atoms with Crippen LogP contribution in [0.4, 0.5) is 0 Å². The SMILES string of the molecule is COc1cc2c(cc1OC)[C@@H](C[N+](=O)[O-])N(Cc1ccccc1)CC2. The molecule has 6 nitrogen and oxygen atoms in total. The van der Waals surface area contributed by atoms with Gasteiger partial charge in [-0.2, -0.15) is 0 Å². The van der Waals surface area contributed by atoms with Gasteiger partial charge in [0, 0.05) is 18.0 Å². The number of ether oxygens (including phenoxy) is 2. The number of methoxy groups -OCH3 is 2. The molecule has 0 saturated heterocycles. The standard InChI is InChI=1S/C19H22N2O4/c1-24-18-10-15-8-9-20(12-14-6-4-3-5-7-14)17(13-21(22)23)16(15)11-19(18)25-2/h3-7,10-11,17H,8-9,12-13H2,1-2H3/t17-/m1/s1. The van der Waals surface area contributed by atoms with Crippen molar-refractivity contribution in [3.05, 3.63) is 69.3 Å². The summed E-state index contributed by atoms with van der Waals surface area (Å²) >= 11 is 0. The maximum absolute atomic E-state index is 11.3. The van der Waals surface area contributed by atoms with Crippen LogP contribution in [-0.4, -0.2) is 37.1 Å². The van der Waals surface area contributed by atoms with E-state index in [2.05, 4.69) is 4.90 Å². The predicted molar refractivity (Wildman–Crippen MR) is 94.7 cm³/mol. The molecule has 0 fully saturated rings. The van der Waals surface area contributed by atoms with Crippen LogP contribution in [0.2, 0.25) is 0 Å². The second-order valence-corrected chi connectivity index (χ2v) is 6.14. The molecule has 0 saturated carbocycles. The normalized spacial score (nSPS) is 17.0. The van der Waals surface area contributed by atoms with Crippen molar-refractivity contribution in [1.29, 1.82) is 0 Å². The molecule has 0 radical (unpaired) electrons. The van der Waals surface area contributed by atoms with Crippen molar-refractivity contribution in [3.8, 4) is 11.5 Å². The van der Waals surface area contributed by atoms with E-state index < -0.39 is 0 Å². The Morgan fingerprint density at radius 3 is 2.48 bits per heavy atom. The largest absolute Gasteiger partial charge is 0.493 e. The number of nitrogens with zero attached hydrogens (tertiary/aromatic N) is 2. The van der Waals surface area contributed by atoms with Crippen molar-refractivity contribution in [3.63, 3.8) is 0 Å². The molecule has 1 aliphatic heterocycles. The highest BCUT2D eigenvalue weighted by Crippen LogP contribution is 2.38. The lowest BCUT2D eigenvalue weighted by atomic mass is 9.91. The lowest BCUT2D eigenvalue weighted by Gasteiger charge is -2.35.